The number of benzene rings is 3. The van der Waals surface area contributed by atoms with Crippen LogP contribution in [0, 0.1) is 5.92 Å². The zero-order valence-electron chi connectivity index (χ0n) is 35.1. The average Bonchev–Trinajstić information content (AvgIpc) is 4.12. The van der Waals surface area contributed by atoms with Gasteiger partial charge in [0.1, 0.15) is 23.3 Å². The number of hydrogen-bond acceptors (Lipinski definition) is 8. The lowest BCUT2D eigenvalue weighted by molar-refractivity contribution is -0.136. The second-order valence-corrected chi connectivity index (χ2v) is 17.2. The summed E-state index contributed by atoms with van der Waals surface area (Å²) in [5.41, 5.74) is 5.96. The third-order valence-corrected chi connectivity index (χ3v) is 11.9. The quantitative estimate of drug-likeness (QED) is 0.109. The molecule has 14 nitrogen and oxygen atoms in total. The molecule has 0 radical (unpaired) electrons. The monoisotopic (exact) mass is 826 g/mol. The Kier molecular flexibility index (Phi) is 12.0. The van der Waals surface area contributed by atoms with Gasteiger partial charge in [0.15, 0.2) is 0 Å². The van der Waals surface area contributed by atoms with Crippen molar-refractivity contribution < 1.29 is 28.7 Å². The lowest BCUT2D eigenvalue weighted by Crippen LogP contribution is -2.42. The summed E-state index contributed by atoms with van der Waals surface area (Å²) in [5.74, 6) is 1.29. The van der Waals surface area contributed by atoms with Gasteiger partial charge in [0.05, 0.1) is 43.0 Å². The second kappa shape index (κ2) is 17.6. The van der Waals surface area contributed by atoms with E-state index in [1.165, 1.54) is 7.11 Å². The van der Waals surface area contributed by atoms with Crippen LogP contribution in [0.1, 0.15) is 101 Å². The molecule has 2 aromatic heterocycles. The van der Waals surface area contributed by atoms with Gasteiger partial charge in [-0.3, -0.25) is 9.59 Å². The number of likely N-dealkylation sites (tertiary alicyclic amines) is 2. The maximum absolute atomic E-state index is 13.9. The van der Waals surface area contributed by atoms with Gasteiger partial charge in [0, 0.05) is 25.0 Å². The van der Waals surface area contributed by atoms with Gasteiger partial charge in [0.25, 0.3) is 5.91 Å². The highest BCUT2D eigenvalue weighted by Gasteiger charge is 2.40. The van der Waals surface area contributed by atoms with Crippen LogP contribution in [-0.4, -0.2) is 85.6 Å². The second-order valence-electron chi connectivity index (χ2n) is 17.2. The van der Waals surface area contributed by atoms with Gasteiger partial charge in [-0.25, -0.2) is 19.6 Å². The minimum absolute atomic E-state index is 0.0707. The molecule has 0 unspecified atom stereocenters. The molecule has 0 bridgehead atoms. The lowest BCUT2D eigenvalue weighted by Gasteiger charge is -2.28. The van der Waals surface area contributed by atoms with Gasteiger partial charge >= 0.3 is 12.2 Å². The summed E-state index contributed by atoms with van der Waals surface area (Å²) < 4.78 is 10.3. The third-order valence-electron chi connectivity index (χ3n) is 11.9. The van der Waals surface area contributed by atoms with E-state index in [0.29, 0.717) is 30.9 Å². The molecule has 0 spiro atoms. The summed E-state index contributed by atoms with van der Waals surface area (Å²) in [6, 6.07) is 24.5. The molecule has 14 heteroatoms. The molecule has 5 atom stereocenters. The van der Waals surface area contributed by atoms with Crippen molar-refractivity contribution in [1.29, 1.82) is 0 Å². The van der Waals surface area contributed by atoms with Crippen molar-refractivity contribution in [3.8, 4) is 33.6 Å². The van der Waals surface area contributed by atoms with E-state index in [1.807, 2.05) is 62.2 Å². The standard InChI is InChI=1S/C47H54N8O6/c1-47(2,3)61-46(59)50-35-23-22-34(26-35)43(56)54-24-8-12-38(54)41-48-27-36(51-41)31-18-14-29(15-19-31)30-16-20-32(21-17-30)37-28-49-42(52-37)39-13-9-25-55(39)44(57)40(53-45(58)60-4)33-10-6-5-7-11-33/h5-7,10-11,14-21,27-28,34-35,38-40H,8-9,12-13,22-26H2,1-4H3,(H,48,51)(H,49,52)(H,50,59)(H,53,58)/t34-,35+,38+,39+,40-/m1/s1. The summed E-state index contributed by atoms with van der Waals surface area (Å²) in [6.45, 7) is 6.77. The van der Waals surface area contributed by atoms with Crippen molar-refractivity contribution in [2.24, 2.45) is 5.92 Å². The Hall–Kier alpha value is -6.44. The molecule has 61 heavy (non-hydrogen) atoms. The number of imidazole rings is 2. The Labute approximate surface area is 355 Å². The average molecular weight is 827 g/mol. The van der Waals surface area contributed by atoms with Gasteiger partial charge in [-0.1, -0.05) is 78.9 Å². The molecular weight excluding hydrogens is 773 g/mol. The Morgan fingerprint density at radius 2 is 1.25 bits per heavy atom. The number of methoxy groups -OCH3 is 1. The van der Waals surface area contributed by atoms with Gasteiger partial charge in [-0.05, 0) is 93.5 Å². The predicted octanol–water partition coefficient (Wildman–Crippen LogP) is 8.25. The topological polar surface area (TPSA) is 175 Å². The summed E-state index contributed by atoms with van der Waals surface area (Å²) in [7, 11) is 1.28. The number of amides is 4. The molecule has 4 amide bonds. The first-order chi connectivity index (χ1) is 29.4. The van der Waals surface area contributed by atoms with Crippen LogP contribution in [0.3, 0.4) is 0 Å². The first-order valence-electron chi connectivity index (χ1n) is 21.2. The van der Waals surface area contributed by atoms with Crippen LogP contribution in [0.2, 0.25) is 0 Å². The Balaban J connectivity index is 0.885. The fraction of sp³-hybridized carbons (Fsp3) is 0.404. The summed E-state index contributed by atoms with van der Waals surface area (Å²) in [4.78, 5) is 72.4. The van der Waals surface area contributed by atoms with Crippen LogP contribution in [0.4, 0.5) is 9.59 Å². The number of hydrogen-bond donors (Lipinski definition) is 4. The van der Waals surface area contributed by atoms with Crippen LogP contribution in [-0.2, 0) is 19.1 Å². The van der Waals surface area contributed by atoms with E-state index in [9.17, 15) is 19.2 Å². The molecule has 4 N–H and O–H groups in total. The zero-order valence-corrected chi connectivity index (χ0v) is 35.1. The van der Waals surface area contributed by atoms with Gasteiger partial charge < -0.3 is 39.9 Å². The number of rotatable bonds is 10. The largest absolute Gasteiger partial charge is 0.453 e. The summed E-state index contributed by atoms with van der Waals surface area (Å²) in [5, 5.41) is 5.66. The van der Waals surface area contributed by atoms with Crippen LogP contribution in [0.5, 0.6) is 0 Å². The Morgan fingerprint density at radius 3 is 1.80 bits per heavy atom. The van der Waals surface area contributed by atoms with E-state index < -0.39 is 23.8 Å². The van der Waals surface area contributed by atoms with E-state index in [4.69, 9.17) is 19.4 Å². The first-order valence-corrected chi connectivity index (χ1v) is 21.2. The Bertz CT molecular complexity index is 2330. The van der Waals surface area contributed by atoms with Crippen molar-refractivity contribution in [3.05, 3.63) is 108 Å². The molecule has 3 fully saturated rings. The molecule has 2 saturated heterocycles. The molecule has 8 rings (SSSR count). The van der Waals surface area contributed by atoms with Crippen LogP contribution in [0.25, 0.3) is 33.6 Å². The highest BCUT2D eigenvalue weighted by atomic mass is 16.6. The van der Waals surface area contributed by atoms with Crippen molar-refractivity contribution in [3.63, 3.8) is 0 Å². The predicted molar refractivity (Wildman–Crippen MR) is 230 cm³/mol. The molecule has 3 aromatic carbocycles. The van der Waals surface area contributed by atoms with E-state index >= 15 is 0 Å². The molecule has 1 saturated carbocycles. The van der Waals surface area contributed by atoms with E-state index in [-0.39, 0.29) is 35.9 Å². The van der Waals surface area contributed by atoms with Crippen LogP contribution < -0.4 is 10.6 Å². The molecule has 5 aromatic rings. The molecule has 3 aliphatic rings. The van der Waals surface area contributed by atoms with Gasteiger partial charge in [0.2, 0.25) is 5.91 Å². The lowest BCUT2D eigenvalue weighted by atomic mass is 10.0. The molecule has 2 aliphatic heterocycles. The Morgan fingerprint density at radius 1 is 0.705 bits per heavy atom. The molecule has 318 valence electrons. The van der Waals surface area contributed by atoms with E-state index in [2.05, 4.69) is 69.1 Å². The number of carbonyl (C=O) groups is 4. The van der Waals surface area contributed by atoms with Crippen molar-refractivity contribution >= 4 is 24.0 Å². The highest BCUT2D eigenvalue weighted by Crippen LogP contribution is 2.38. The number of nitrogens with one attached hydrogen (secondary N) is 4. The van der Waals surface area contributed by atoms with Crippen molar-refractivity contribution in [2.75, 3.05) is 20.2 Å². The van der Waals surface area contributed by atoms with Crippen molar-refractivity contribution in [2.45, 2.75) is 95.5 Å². The third kappa shape index (κ3) is 9.33. The van der Waals surface area contributed by atoms with E-state index in [1.54, 1.807) is 11.1 Å². The van der Waals surface area contributed by atoms with E-state index in [0.717, 1.165) is 78.0 Å². The number of ether oxygens (including phenoxy) is 2. The number of aromatic nitrogens is 4. The fourth-order valence-electron chi connectivity index (χ4n) is 8.94. The number of H-pyrrole nitrogens is 2. The maximum atomic E-state index is 13.9. The van der Waals surface area contributed by atoms with Gasteiger partial charge in [-0.15, -0.1) is 0 Å². The molecular formula is C47H54N8O6. The number of aromatic amines is 2. The van der Waals surface area contributed by atoms with Crippen LogP contribution >= 0.6 is 0 Å². The fourth-order valence-corrected chi connectivity index (χ4v) is 8.94. The van der Waals surface area contributed by atoms with Gasteiger partial charge in [-0.2, -0.15) is 0 Å². The zero-order chi connectivity index (χ0) is 42.7. The number of alkyl carbamates (subject to hydrolysis) is 2. The first kappa shape index (κ1) is 41.3. The maximum Gasteiger partial charge on any atom is 0.407 e. The molecule has 4 heterocycles. The normalized spacial score (nSPS) is 20.7. The minimum atomic E-state index is -0.878. The smallest absolute Gasteiger partial charge is 0.407 e. The SMILES string of the molecule is COC(=O)N[C@@H](C(=O)N1CCC[C@H]1c1ncc(-c2ccc(-c3ccc(-c4cnc([C@@H]5CCCN5C(=O)[C@@H]5CC[C@H](NC(=O)OC(C)(C)C)C5)[nH]4)cc3)cc2)[nH]1)c1ccccc1. The summed E-state index contributed by atoms with van der Waals surface area (Å²) >= 11 is 0. The number of nitrogens with zero attached hydrogens (tertiary/aromatic N) is 4. The summed E-state index contributed by atoms with van der Waals surface area (Å²) in [6.07, 6.45) is 8.00. The highest BCUT2D eigenvalue weighted by molar-refractivity contribution is 5.87. The minimum Gasteiger partial charge on any atom is -0.453 e. The van der Waals surface area contributed by atoms with Crippen LogP contribution in [0.15, 0.2) is 91.3 Å². The molecule has 1 aliphatic carbocycles. The van der Waals surface area contributed by atoms with Crippen molar-refractivity contribution in [1.82, 2.24) is 40.4 Å². The number of carbonyl (C=O) groups excluding carboxylic acids is 4.